The molecule has 0 aromatic heterocycles. The minimum Gasteiger partial charge on any atom is -0.429 e. The largest absolute Gasteiger partial charge is 0.432 e. The Morgan fingerprint density at radius 3 is 2.11 bits per heavy atom. The Morgan fingerprint density at radius 1 is 0.868 bits per heavy atom. The van der Waals surface area contributed by atoms with Gasteiger partial charge in [0, 0.05) is 29.8 Å². The molecule has 38 heavy (non-hydrogen) atoms. The third-order valence-electron chi connectivity index (χ3n) is 6.69. The quantitative estimate of drug-likeness (QED) is 0.120. The molecular weight excluding hydrogens is 510 g/mol. The molecule has 1 unspecified atom stereocenters. The lowest BCUT2D eigenvalue weighted by molar-refractivity contribution is -0.189. The normalized spacial score (nSPS) is 14.9. The predicted octanol–water partition coefficient (Wildman–Crippen LogP) is 8.19. The first-order chi connectivity index (χ1) is 18.0. The molecule has 0 amide bonds. The van der Waals surface area contributed by atoms with E-state index in [9.17, 15) is 31.1 Å². The Bertz CT molecular complexity index is 1310. The molecule has 0 heterocycles. The SMILES string of the molecule is CCCCCC1Cc2ccc(C(=O)Oc3cc(F)c(C(F)(F)Oc4cc(F)c(C)c(F)c4)c(F)c3)cc2C1. The first-order valence-corrected chi connectivity index (χ1v) is 12.3. The number of fused-ring (bicyclic) bond motifs is 1. The third-order valence-corrected chi connectivity index (χ3v) is 6.69. The van der Waals surface area contributed by atoms with Gasteiger partial charge in [-0.05, 0) is 55.4 Å². The van der Waals surface area contributed by atoms with Crippen LogP contribution in [-0.2, 0) is 19.0 Å². The van der Waals surface area contributed by atoms with E-state index in [-0.39, 0.29) is 5.56 Å². The van der Waals surface area contributed by atoms with E-state index in [0.29, 0.717) is 30.2 Å². The Hall–Kier alpha value is -3.49. The van der Waals surface area contributed by atoms with Gasteiger partial charge in [-0.3, -0.25) is 0 Å². The van der Waals surface area contributed by atoms with Crippen molar-refractivity contribution in [2.75, 3.05) is 0 Å². The number of alkyl halides is 2. The number of esters is 1. The van der Waals surface area contributed by atoms with Crippen LogP contribution in [0.4, 0.5) is 26.3 Å². The van der Waals surface area contributed by atoms with Gasteiger partial charge in [-0.15, -0.1) is 0 Å². The summed E-state index contributed by atoms with van der Waals surface area (Å²) in [6, 6.07) is 6.84. The first-order valence-electron chi connectivity index (χ1n) is 12.3. The molecule has 3 aromatic rings. The summed E-state index contributed by atoms with van der Waals surface area (Å²) in [5.74, 6) is -7.87. The maximum atomic E-state index is 14.6. The highest BCUT2D eigenvalue weighted by Gasteiger charge is 2.41. The van der Waals surface area contributed by atoms with Crippen molar-refractivity contribution in [3.63, 3.8) is 0 Å². The Balaban J connectivity index is 1.48. The number of halogens is 6. The van der Waals surface area contributed by atoms with Gasteiger partial charge in [0.1, 0.15) is 40.3 Å². The molecule has 3 nitrogen and oxygen atoms in total. The van der Waals surface area contributed by atoms with Crippen LogP contribution in [0.3, 0.4) is 0 Å². The fourth-order valence-corrected chi connectivity index (χ4v) is 4.66. The van der Waals surface area contributed by atoms with Crippen LogP contribution in [0.1, 0.15) is 65.2 Å². The molecule has 0 bridgehead atoms. The maximum absolute atomic E-state index is 14.6. The van der Waals surface area contributed by atoms with Gasteiger partial charge in [-0.25, -0.2) is 22.4 Å². The Kier molecular flexibility index (Phi) is 8.04. The van der Waals surface area contributed by atoms with Crippen molar-refractivity contribution in [1.82, 2.24) is 0 Å². The summed E-state index contributed by atoms with van der Waals surface area (Å²) < 4.78 is 95.0. The summed E-state index contributed by atoms with van der Waals surface area (Å²) >= 11 is 0. The highest BCUT2D eigenvalue weighted by Crippen LogP contribution is 2.37. The Morgan fingerprint density at radius 2 is 1.47 bits per heavy atom. The molecule has 0 spiro atoms. The molecule has 1 aliphatic rings. The number of carbonyl (C=O) groups excluding carboxylic acids is 1. The van der Waals surface area contributed by atoms with Crippen molar-refractivity contribution in [3.05, 3.63) is 93.6 Å². The van der Waals surface area contributed by atoms with Crippen LogP contribution in [-0.4, -0.2) is 5.97 Å². The molecule has 0 aliphatic heterocycles. The second-order valence-electron chi connectivity index (χ2n) is 9.54. The van der Waals surface area contributed by atoms with Gasteiger partial charge < -0.3 is 9.47 Å². The molecule has 0 N–H and O–H groups in total. The van der Waals surface area contributed by atoms with Crippen molar-refractivity contribution in [2.45, 2.75) is 58.5 Å². The van der Waals surface area contributed by atoms with E-state index in [1.165, 1.54) is 0 Å². The number of benzene rings is 3. The molecule has 202 valence electrons. The van der Waals surface area contributed by atoms with Crippen molar-refractivity contribution < 1.29 is 40.6 Å². The van der Waals surface area contributed by atoms with Gasteiger partial charge in [0.05, 0.1) is 5.56 Å². The zero-order valence-corrected chi connectivity index (χ0v) is 20.9. The van der Waals surface area contributed by atoms with Crippen LogP contribution >= 0.6 is 0 Å². The van der Waals surface area contributed by atoms with Gasteiger partial charge in [-0.1, -0.05) is 32.3 Å². The van der Waals surface area contributed by atoms with Crippen molar-refractivity contribution >= 4 is 5.97 Å². The first kappa shape index (κ1) is 27.5. The van der Waals surface area contributed by atoms with Crippen LogP contribution in [0.15, 0.2) is 42.5 Å². The fourth-order valence-electron chi connectivity index (χ4n) is 4.66. The average molecular weight is 537 g/mol. The molecule has 0 saturated carbocycles. The minimum atomic E-state index is -4.63. The molecule has 0 radical (unpaired) electrons. The second-order valence-corrected chi connectivity index (χ2v) is 9.54. The number of hydrogen-bond acceptors (Lipinski definition) is 3. The predicted molar refractivity (Wildman–Crippen MR) is 128 cm³/mol. The number of carbonyl (C=O) groups is 1. The van der Waals surface area contributed by atoms with Crippen LogP contribution < -0.4 is 9.47 Å². The zero-order valence-electron chi connectivity index (χ0n) is 20.9. The smallest absolute Gasteiger partial charge is 0.429 e. The molecule has 9 heteroatoms. The van der Waals surface area contributed by atoms with E-state index < -0.39 is 58.0 Å². The molecule has 3 aromatic carbocycles. The van der Waals surface area contributed by atoms with E-state index >= 15 is 0 Å². The standard InChI is InChI=1S/C29H26F6O3/c1-3-4-5-6-17-9-18-7-8-19(11-20(18)10-17)28(36)37-21-12-25(32)27(26(33)13-21)29(34,35)38-22-14-23(30)16(2)24(31)15-22/h7-8,11-15,17H,3-6,9-10H2,1-2H3. The Labute approximate surface area is 216 Å². The maximum Gasteiger partial charge on any atom is 0.432 e. The lowest BCUT2D eigenvalue weighted by Gasteiger charge is -2.20. The van der Waals surface area contributed by atoms with Crippen molar-refractivity contribution in [2.24, 2.45) is 5.92 Å². The highest BCUT2D eigenvalue weighted by atomic mass is 19.3. The monoisotopic (exact) mass is 536 g/mol. The van der Waals surface area contributed by atoms with E-state index in [2.05, 4.69) is 11.7 Å². The molecule has 1 aliphatic carbocycles. The van der Waals surface area contributed by atoms with E-state index in [4.69, 9.17) is 4.74 Å². The molecule has 0 saturated heterocycles. The fraction of sp³-hybridized carbons (Fsp3) is 0.345. The number of ether oxygens (including phenoxy) is 2. The number of unbranched alkanes of at least 4 members (excludes halogenated alkanes) is 2. The van der Waals surface area contributed by atoms with Crippen molar-refractivity contribution in [1.29, 1.82) is 0 Å². The minimum absolute atomic E-state index is 0.167. The van der Waals surface area contributed by atoms with Crippen LogP contribution in [0.5, 0.6) is 11.5 Å². The second kappa shape index (κ2) is 11.1. The van der Waals surface area contributed by atoms with Crippen molar-refractivity contribution in [3.8, 4) is 11.5 Å². The summed E-state index contributed by atoms with van der Waals surface area (Å²) in [5, 5.41) is 0. The topological polar surface area (TPSA) is 35.5 Å². The summed E-state index contributed by atoms with van der Waals surface area (Å²) in [4.78, 5) is 12.6. The highest BCUT2D eigenvalue weighted by molar-refractivity contribution is 5.91. The van der Waals surface area contributed by atoms with Crippen LogP contribution in [0.25, 0.3) is 0 Å². The number of hydrogen-bond donors (Lipinski definition) is 0. The van der Waals surface area contributed by atoms with E-state index in [0.717, 1.165) is 56.6 Å². The van der Waals surface area contributed by atoms with Gasteiger partial charge in [0.2, 0.25) is 0 Å². The summed E-state index contributed by atoms with van der Waals surface area (Å²) in [7, 11) is 0. The molecule has 4 rings (SSSR count). The lowest BCUT2D eigenvalue weighted by atomic mass is 9.98. The molecular formula is C29H26F6O3. The molecule has 1 atom stereocenters. The third kappa shape index (κ3) is 5.97. The zero-order chi connectivity index (χ0) is 27.6. The van der Waals surface area contributed by atoms with Gasteiger partial charge in [0.25, 0.3) is 0 Å². The van der Waals surface area contributed by atoms with Gasteiger partial charge in [-0.2, -0.15) is 8.78 Å². The lowest BCUT2D eigenvalue weighted by Crippen LogP contribution is -2.25. The molecule has 0 fully saturated rings. The number of rotatable bonds is 9. The summed E-state index contributed by atoms with van der Waals surface area (Å²) in [6.07, 6.45) is 1.65. The summed E-state index contributed by atoms with van der Waals surface area (Å²) in [6.45, 7) is 3.22. The summed E-state index contributed by atoms with van der Waals surface area (Å²) in [5.41, 5.74) is 0.0825. The van der Waals surface area contributed by atoms with Gasteiger partial charge in [0.15, 0.2) is 0 Å². The average Bonchev–Trinajstić information content (AvgIpc) is 3.23. The van der Waals surface area contributed by atoms with E-state index in [1.807, 2.05) is 6.07 Å². The van der Waals surface area contributed by atoms with E-state index in [1.54, 1.807) is 12.1 Å². The van der Waals surface area contributed by atoms with Crippen LogP contribution in [0, 0.1) is 36.1 Å². The van der Waals surface area contributed by atoms with Gasteiger partial charge >= 0.3 is 12.1 Å². The van der Waals surface area contributed by atoms with Crippen LogP contribution in [0.2, 0.25) is 0 Å².